The summed E-state index contributed by atoms with van der Waals surface area (Å²) in [5, 5.41) is 3.84. The van der Waals surface area contributed by atoms with Crippen molar-refractivity contribution in [1.82, 2.24) is 15.0 Å². The summed E-state index contributed by atoms with van der Waals surface area (Å²) in [5.41, 5.74) is 6.67. The van der Waals surface area contributed by atoms with Crippen LogP contribution in [0.2, 0.25) is 5.02 Å². The van der Waals surface area contributed by atoms with Crippen LogP contribution in [0.4, 0.5) is 17.6 Å². The predicted octanol–water partition coefficient (Wildman–Crippen LogP) is 4.14. The summed E-state index contributed by atoms with van der Waals surface area (Å²) in [6, 6.07) is 17.3. The van der Waals surface area contributed by atoms with Crippen LogP contribution in [0.3, 0.4) is 0 Å². The van der Waals surface area contributed by atoms with Gasteiger partial charge in [-0.15, -0.1) is 11.8 Å². The first-order chi connectivity index (χ1) is 11.2. The summed E-state index contributed by atoms with van der Waals surface area (Å²) >= 11 is 7.49. The van der Waals surface area contributed by atoms with Crippen molar-refractivity contribution < 1.29 is 0 Å². The molecule has 0 radical (unpaired) electrons. The van der Waals surface area contributed by atoms with Gasteiger partial charge in [0.15, 0.2) is 0 Å². The highest BCUT2D eigenvalue weighted by Gasteiger charge is 2.06. The Bertz CT molecular complexity index is 780. The van der Waals surface area contributed by atoms with Gasteiger partial charge in [-0.05, 0) is 36.4 Å². The molecule has 1 heterocycles. The van der Waals surface area contributed by atoms with Crippen LogP contribution in [0.5, 0.6) is 0 Å². The van der Waals surface area contributed by atoms with E-state index in [4.69, 9.17) is 17.3 Å². The zero-order valence-electron chi connectivity index (χ0n) is 12.1. The van der Waals surface area contributed by atoms with E-state index < -0.39 is 0 Å². The minimum atomic E-state index is 0.199. The van der Waals surface area contributed by atoms with Gasteiger partial charge in [0, 0.05) is 15.6 Å². The molecule has 0 spiro atoms. The number of anilines is 3. The third-order valence-corrected chi connectivity index (χ3v) is 4.17. The maximum Gasteiger partial charge on any atom is 0.232 e. The molecule has 0 aliphatic heterocycles. The molecule has 0 unspecified atom stereocenters. The van der Waals surface area contributed by atoms with E-state index in [2.05, 4.69) is 20.3 Å². The lowest BCUT2D eigenvalue weighted by Crippen LogP contribution is -2.06. The first-order valence-corrected chi connectivity index (χ1v) is 8.26. The number of hydrogen-bond acceptors (Lipinski definition) is 6. The normalized spacial score (nSPS) is 10.5. The van der Waals surface area contributed by atoms with Crippen molar-refractivity contribution in [2.24, 2.45) is 0 Å². The molecule has 3 aromatic rings. The smallest absolute Gasteiger partial charge is 0.232 e. The number of thioether (sulfide) groups is 1. The maximum absolute atomic E-state index is 5.88. The molecule has 116 valence electrons. The number of nitrogen functional groups attached to an aromatic ring is 1. The average molecular weight is 344 g/mol. The molecule has 0 atom stereocenters. The van der Waals surface area contributed by atoms with Crippen LogP contribution in [0.25, 0.3) is 0 Å². The Labute approximate surface area is 143 Å². The van der Waals surface area contributed by atoms with Crippen molar-refractivity contribution in [1.29, 1.82) is 0 Å². The summed E-state index contributed by atoms with van der Waals surface area (Å²) in [6.07, 6.45) is 0. The molecule has 5 nitrogen and oxygen atoms in total. The highest BCUT2D eigenvalue weighted by Crippen LogP contribution is 2.23. The Kier molecular flexibility index (Phi) is 4.95. The van der Waals surface area contributed by atoms with Gasteiger partial charge in [0.05, 0.1) is 5.75 Å². The van der Waals surface area contributed by atoms with Crippen molar-refractivity contribution in [2.75, 3.05) is 11.1 Å². The fourth-order valence-corrected chi connectivity index (χ4v) is 2.77. The van der Waals surface area contributed by atoms with Crippen molar-refractivity contribution in [3.05, 3.63) is 65.4 Å². The summed E-state index contributed by atoms with van der Waals surface area (Å²) in [4.78, 5) is 13.8. The highest BCUT2D eigenvalue weighted by molar-refractivity contribution is 7.98. The van der Waals surface area contributed by atoms with Gasteiger partial charge in [-0.3, -0.25) is 0 Å². The van der Waals surface area contributed by atoms with Crippen LogP contribution in [0, 0.1) is 0 Å². The van der Waals surface area contributed by atoms with E-state index in [1.165, 1.54) is 0 Å². The highest BCUT2D eigenvalue weighted by atomic mass is 35.5. The zero-order chi connectivity index (χ0) is 16.1. The number of benzene rings is 2. The molecule has 0 bridgehead atoms. The topological polar surface area (TPSA) is 76.7 Å². The second-order valence-corrected chi connectivity index (χ2v) is 6.15. The van der Waals surface area contributed by atoms with E-state index in [9.17, 15) is 0 Å². The standard InChI is InChI=1S/C16H14ClN5S/c17-11-6-8-13(9-7-11)23-10-14-20-15(18)22-16(21-14)19-12-4-2-1-3-5-12/h1-9H,10H2,(H3,18,19,20,21,22). The quantitative estimate of drug-likeness (QED) is 0.678. The van der Waals surface area contributed by atoms with E-state index in [0.29, 0.717) is 22.5 Å². The van der Waals surface area contributed by atoms with Crippen LogP contribution in [-0.4, -0.2) is 15.0 Å². The Morgan fingerprint density at radius 3 is 2.43 bits per heavy atom. The molecule has 7 heteroatoms. The second kappa shape index (κ2) is 7.30. The summed E-state index contributed by atoms with van der Waals surface area (Å²) in [7, 11) is 0. The lowest BCUT2D eigenvalue weighted by molar-refractivity contribution is 0.982. The first-order valence-electron chi connectivity index (χ1n) is 6.90. The lowest BCUT2D eigenvalue weighted by atomic mass is 10.3. The maximum atomic E-state index is 5.88. The van der Waals surface area contributed by atoms with Gasteiger partial charge < -0.3 is 11.1 Å². The van der Waals surface area contributed by atoms with Crippen LogP contribution in [0.15, 0.2) is 59.5 Å². The molecule has 23 heavy (non-hydrogen) atoms. The van der Waals surface area contributed by atoms with Gasteiger partial charge in [0.1, 0.15) is 5.82 Å². The number of nitrogens with zero attached hydrogens (tertiary/aromatic N) is 3. The number of rotatable bonds is 5. The number of hydrogen-bond donors (Lipinski definition) is 2. The monoisotopic (exact) mass is 343 g/mol. The molecule has 0 saturated heterocycles. The van der Waals surface area contributed by atoms with Gasteiger partial charge in [-0.25, -0.2) is 0 Å². The zero-order valence-corrected chi connectivity index (χ0v) is 13.7. The van der Waals surface area contributed by atoms with Gasteiger partial charge in [0.2, 0.25) is 11.9 Å². The lowest BCUT2D eigenvalue weighted by Gasteiger charge is -2.07. The minimum absolute atomic E-state index is 0.199. The molecule has 3 N–H and O–H groups in total. The molecule has 3 rings (SSSR count). The van der Waals surface area contributed by atoms with Crippen LogP contribution >= 0.6 is 23.4 Å². The Morgan fingerprint density at radius 2 is 1.70 bits per heavy atom. The average Bonchev–Trinajstić information content (AvgIpc) is 2.55. The van der Waals surface area contributed by atoms with E-state index in [-0.39, 0.29) is 5.95 Å². The van der Waals surface area contributed by atoms with Gasteiger partial charge >= 0.3 is 0 Å². The van der Waals surface area contributed by atoms with Crippen molar-refractivity contribution in [3.63, 3.8) is 0 Å². The fourth-order valence-electron chi connectivity index (χ4n) is 1.89. The molecule has 2 aromatic carbocycles. The Balaban J connectivity index is 1.71. The molecule has 0 aliphatic carbocycles. The first kappa shape index (κ1) is 15.6. The van der Waals surface area contributed by atoms with Crippen molar-refractivity contribution in [3.8, 4) is 0 Å². The van der Waals surface area contributed by atoms with E-state index in [0.717, 1.165) is 10.6 Å². The molecule has 0 fully saturated rings. The fraction of sp³-hybridized carbons (Fsp3) is 0.0625. The molecule has 0 amide bonds. The Hall–Kier alpha value is -2.31. The van der Waals surface area contributed by atoms with Gasteiger partial charge in [-0.1, -0.05) is 29.8 Å². The molecular weight excluding hydrogens is 330 g/mol. The van der Waals surface area contributed by atoms with Crippen molar-refractivity contribution in [2.45, 2.75) is 10.6 Å². The van der Waals surface area contributed by atoms with Crippen LogP contribution in [0.1, 0.15) is 5.82 Å². The Morgan fingerprint density at radius 1 is 0.957 bits per heavy atom. The van der Waals surface area contributed by atoms with Crippen LogP contribution < -0.4 is 11.1 Å². The molecular formula is C16H14ClN5S. The van der Waals surface area contributed by atoms with Gasteiger partial charge in [0.25, 0.3) is 0 Å². The number of halogens is 1. The van der Waals surface area contributed by atoms with Crippen LogP contribution in [-0.2, 0) is 5.75 Å². The molecule has 0 saturated carbocycles. The predicted molar refractivity (Wildman–Crippen MR) is 95.0 cm³/mol. The number of aromatic nitrogens is 3. The third kappa shape index (κ3) is 4.58. The number of para-hydroxylation sites is 1. The molecule has 0 aliphatic rings. The largest absolute Gasteiger partial charge is 0.368 e. The van der Waals surface area contributed by atoms with E-state index in [1.807, 2.05) is 54.6 Å². The second-order valence-electron chi connectivity index (χ2n) is 4.67. The SMILES string of the molecule is Nc1nc(CSc2ccc(Cl)cc2)nc(Nc2ccccc2)n1. The van der Waals surface area contributed by atoms with E-state index in [1.54, 1.807) is 11.8 Å². The number of nitrogens with two attached hydrogens (primary N) is 1. The summed E-state index contributed by atoms with van der Waals surface area (Å²) < 4.78 is 0. The number of nitrogens with one attached hydrogen (secondary N) is 1. The minimum Gasteiger partial charge on any atom is -0.368 e. The van der Waals surface area contributed by atoms with Gasteiger partial charge in [-0.2, -0.15) is 15.0 Å². The summed E-state index contributed by atoms with van der Waals surface area (Å²) in [6.45, 7) is 0. The molecule has 1 aromatic heterocycles. The van der Waals surface area contributed by atoms with E-state index >= 15 is 0 Å². The third-order valence-electron chi connectivity index (χ3n) is 2.91. The van der Waals surface area contributed by atoms with Crippen molar-refractivity contribution >= 4 is 40.9 Å². The summed E-state index contributed by atoms with van der Waals surface area (Å²) in [5.74, 6) is 1.86.